The van der Waals surface area contributed by atoms with Crippen LogP contribution < -0.4 is 0 Å². The van der Waals surface area contributed by atoms with E-state index in [0.717, 1.165) is 17.4 Å². The predicted molar refractivity (Wildman–Crippen MR) is 79.0 cm³/mol. The van der Waals surface area contributed by atoms with Gasteiger partial charge in [-0.3, -0.25) is 4.90 Å². The summed E-state index contributed by atoms with van der Waals surface area (Å²) in [7, 11) is 1.54. The molecule has 0 fully saturated rings. The Morgan fingerprint density at radius 1 is 1.40 bits per heavy atom. The lowest BCUT2D eigenvalue weighted by molar-refractivity contribution is -0.112. The lowest BCUT2D eigenvalue weighted by Crippen LogP contribution is -2.37. The molecule has 1 unspecified atom stereocenters. The van der Waals surface area contributed by atoms with Gasteiger partial charge in [-0.2, -0.15) is 0 Å². The van der Waals surface area contributed by atoms with Crippen LogP contribution in [0.4, 0.5) is 4.79 Å². The number of nitrogens with zero attached hydrogens (tertiary/aromatic N) is 1. The number of hydrogen-bond acceptors (Lipinski definition) is 3. The predicted octanol–water partition coefficient (Wildman–Crippen LogP) is 3.76. The lowest BCUT2D eigenvalue weighted by atomic mass is 10.0. The first-order valence-corrected chi connectivity index (χ1v) is 6.70. The fourth-order valence-corrected chi connectivity index (χ4v) is 2.02. The van der Waals surface area contributed by atoms with Crippen LogP contribution in [0.15, 0.2) is 18.2 Å². The Bertz CT molecular complexity index is 508. The van der Waals surface area contributed by atoms with Crippen LogP contribution in [0.2, 0.25) is 5.02 Å². The molecule has 0 aliphatic rings. The molecule has 5 heteroatoms. The minimum absolute atomic E-state index is 0.538. The number of carbonyl (C=O) groups excluding carboxylic acids is 2. The van der Waals surface area contributed by atoms with Crippen LogP contribution >= 0.6 is 11.6 Å². The summed E-state index contributed by atoms with van der Waals surface area (Å²) >= 11 is 5.90. The van der Waals surface area contributed by atoms with Crippen LogP contribution in [0.5, 0.6) is 0 Å². The van der Waals surface area contributed by atoms with E-state index in [1.807, 2.05) is 6.92 Å². The van der Waals surface area contributed by atoms with Crippen molar-refractivity contribution in [1.29, 1.82) is 0 Å². The average molecular weight is 298 g/mol. The smallest absolute Gasteiger partial charge is 0.410 e. The van der Waals surface area contributed by atoms with Gasteiger partial charge in [0.1, 0.15) is 17.9 Å². The zero-order valence-electron chi connectivity index (χ0n) is 12.4. The molecule has 0 heterocycles. The summed E-state index contributed by atoms with van der Waals surface area (Å²) in [5.74, 6) is 0. The first-order valence-electron chi connectivity index (χ1n) is 6.33. The molecule has 1 aromatic carbocycles. The second kappa shape index (κ2) is 6.27. The molecule has 4 nitrogen and oxygen atoms in total. The molecule has 0 saturated heterocycles. The second-order valence-electron chi connectivity index (χ2n) is 5.67. The van der Waals surface area contributed by atoms with Gasteiger partial charge >= 0.3 is 6.09 Å². The number of ether oxygens (including phenoxy) is 1. The fraction of sp³-hybridized carbons (Fsp3) is 0.467. The van der Waals surface area contributed by atoms with Gasteiger partial charge in [-0.25, -0.2) is 4.79 Å². The quantitative estimate of drug-likeness (QED) is 0.798. The van der Waals surface area contributed by atoms with Crippen molar-refractivity contribution in [2.24, 2.45) is 0 Å². The Morgan fingerprint density at radius 3 is 2.45 bits per heavy atom. The minimum Gasteiger partial charge on any atom is -0.444 e. The second-order valence-corrected chi connectivity index (χ2v) is 6.11. The molecule has 0 radical (unpaired) electrons. The third kappa shape index (κ3) is 4.23. The van der Waals surface area contributed by atoms with Gasteiger partial charge in [-0.1, -0.05) is 17.7 Å². The van der Waals surface area contributed by atoms with Crippen LogP contribution in [0.25, 0.3) is 0 Å². The molecule has 1 atom stereocenters. The van der Waals surface area contributed by atoms with Crippen molar-refractivity contribution < 1.29 is 14.3 Å². The van der Waals surface area contributed by atoms with Crippen LogP contribution in [-0.2, 0) is 9.53 Å². The Kier molecular flexibility index (Phi) is 5.17. The van der Waals surface area contributed by atoms with Gasteiger partial charge in [0, 0.05) is 12.1 Å². The fourth-order valence-electron chi connectivity index (χ4n) is 1.79. The Hall–Kier alpha value is -1.55. The molecule has 20 heavy (non-hydrogen) atoms. The van der Waals surface area contributed by atoms with Crippen molar-refractivity contribution in [2.45, 2.75) is 39.3 Å². The van der Waals surface area contributed by atoms with E-state index in [1.165, 1.54) is 4.90 Å². The molecule has 0 bridgehead atoms. The highest BCUT2D eigenvalue weighted by Gasteiger charge is 2.27. The summed E-state index contributed by atoms with van der Waals surface area (Å²) in [6, 6.07) is 4.51. The van der Waals surface area contributed by atoms with Crippen LogP contribution in [0, 0.1) is 6.92 Å². The van der Waals surface area contributed by atoms with Gasteiger partial charge in [0.2, 0.25) is 0 Å². The summed E-state index contributed by atoms with van der Waals surface area (Å²) in [5, 5.41) is 0.593. The molecule has 1 aromatic rings. The van der Waals surface area contributed by atoms with Gasteiger partial charge < -0.3 is 9.53 Å². The maximum Gasteiger partial charge on any atom is 0.410 e. The Morgan fingerprint density at radius 2 is 2.00 bits per heavy atom. The zero-order valence-corrected chi connectivity index (χ0v) is 13.2. The third-order valence-electron chi connectivity index (χ3n) is 2.78. The first kappa shape index (κ1) is 16.5. The summed E-state index contributed by atoms with van der Waals surface area (Å²) in [4.78, 5) is 24.7. The van der Waals surface area contributed by atoms with Crippen molar-refractivity contribution >= 4 is 24.0 Å². The molecule has 0 aromatic heterocycles. The number of carbonyl (C=O) groups is 2. The average Bonchev–Trinajstić information content (AvgIpc) is 2.30. The number of likely N-dealkylation sites (N-methyl/N-ethyl adjacent to an activating group) is 1. The maximum atomic E-state index is 12.0. The van der Waals surface area contributed by atoms with Crippen molar-refractivity contribution in [3.05, 3.63) is 34.3 Å². The largest absolute Gasteiger partial charge is 0.444 e. The molecule has 110 valence electrons. The molecule has 0 N–H and O–H groups in total. The van der Waals surface area contributed by atoms with E-state index in [4.69, 9.17) is 16.3 Å². The summed E-state index contributed by atoms with van der Waals surface area (Å²) < 4.78 is 5.27. The van der Waals surface area contributed by atoms with Gasteiger partial charge in [-0.05, 0) is 51.0 Å². The normalized spacial score (nSPS) is 12.7. The molecule has 1 rings (SSSR count). The zero-order chi connectivity index (χ0) is 15.5. The van der Waals surface area contributed by atoms with Crippen LogP contribution in [0.1, 0.15) is 37.9 Å². The molecular weight excluding hydrogens is 278 g/mol. The number of aldehydes is 1. The number of aryl methyl sites for hydroxylation is 1. The van der Waals surface area contributed by atoms with E-state index >= 15 is 0 Å². The first-order chi connectivity index (χ1) is 9.15. The highest BCUT2D eigenvalue weighted by atomic mass is 35.5. The monoisotopic (exact) mass is 297 g/mol. The van der Waals surface area contributed by atoms with E-state index < -0.39 is 17.7 Å². The number of halogens is 1. The summed E-state index contributed by atoms with van der Waals surface area (Å²) in [6.07, 6.45) is 0.184. The summed E-state index contributed by atoms with van der Waals surface area (Å²) in [6.45, 7) is 7.19. The van der Waals surface area contributed by atoms with E-state index in [9.17, 15) is 9.59 Å². The molecule has 0 aliphatic carbocycles. The lowest BCUT2D eigenvalue weighted by Gasteiger charge is -2.28. The van der Waals surface area contributed by atoms with E-state index in [0.29, 0.717) is 5.02 Å². The topological polar surface area (TPSA) is 46.6 Å². The van der Waals surface area contributed by atoms with Crippen LogP contribution in [0.3, 0.4) is 0 Å². The van der Waals surface area contributed by atoms with Crippen molar-refractivity contribution in [1.82, 2.24) is 4.90 Å². The minimum atomic E-state index is -0.692. The number of amides is 1. The highest BCUT2D eigenvalue weighted by molar-refractivity contribution is 6.30. The van der Waals surface area contributed by atoms with Gasteiger partial charge in [-0.15, -0.1) is 0 Å². The standard InChI is InChI=1S/C15H20ClNO3/c1-10-8-11(16)6-7-12(10)13(9-18)17(5)14(19)20-15(2,3)4/h6-9,13H,1-5H3. The van der Waals surface area contributed by atoms with E-state index in [1.54, 1.807) is 46.0 Å². The van der Waals surface area contributed by atoms with Crippen molar-refractivity contribution in [3.8, 4) is 0 Å². The molecule has 1 amide bonds. The number of rotatable bonds is 3. The number of hydrogen-bond donors (Lipinski definition) is 0. The van der Waals surface area contributed by atoms with E-state index in [2.05, 4.69) is 0 Å². The van der Waals surface area contributed by atoms with E-state index in [-0.39, 0.29) is 0 Å². The Balaban J connectivity index is 3.01. The van der Waals surface area contributed by atoms with Gasteiger partial charge in [0.05, 0.1) is 0 Å². The summed E-state index contributed by atoms with van der Waals surface area (Å²) in [5.41, 5.74) is 0.983. The van der Waals surface area contributed by atoms with Crippen molar-refractivity contribution in [2.75, 3.05) is 7.05 Å². The highest BCUT2D eigenvalue weighted by Crippen LogP contribution is 2.25. The maximum absolute atomic E-state index is 12.0. The van der Waals surface area contributed by atoms with Gasteiger partial charge in [0.25, 0.3) is 0 Å². The third-order valence-corrected chi connectivity index (χ3v) is 3.01. The molecule has 0 saturated carbocycles. The molecule has 0 spiro atoms. The van der Waals surface area contributed by atoms with Crippen LogP contribution in [-0.4, -0.2) is 29.9 Å². The SMILES string of the molecule is Cc1cc(Cl)ccc1C(C=O)N(C)C(=O)OC(C)(C)C. The number of benzene rings is 1. The van der Waals surface area contributed by atoms with Gasteiger partial charge in [0.15, 0.2) is 0 Å². The molecule has 0 aliphatic heterocycles. The Labute approximate surface area is 124 Å². The molecular formula is C15H20ClNO3. The van der Waals surface area contributed by atoms with Crippen molar-refractivity contribution in [3.63, 3.8) is 0 Å².